The topological polar surface area (TPSA) is 66.8 Å². The molecule has 1 heterocycles. The Hall–Kier alpha value is -2.04. The van der Waals surface area contributed by atoms with E-state index in [2.05, 4.69) is 0 Å². The molecule has 5 nitrogen and oxygen atoms in total. The van der Waals surface area contributed by atoms with Crippen LogP contribution in [0.4, 0.5) is 4.79 Å². The van der Waals surface area contributed by atoms with E-state index in [1.54, 1.807) is 0 Å². The lowest BCUT2D eigenvalue weighted by Crippen LogP contribution is -2.68. The zero-order chi connectivity index (χ0) is 14.9. The summed E-state index contributed by atoms with van der Waals surface area (Å²) in [5.41, 5.74) is 0.686. The SMILES string of the molecule is O=C(O)C1N(C(=O)OCc2ccccc2)CC12CCCC2. The van der Waals surface area contributed by atoms with Gasteiger partial charge < -0.3 is 9.84 Å². The number of likely N-dealkylation sites (tertiary alicyclic amines) is 1. The largest absolute Gasteiger partial charge is 0.480 e. The van der Waals surface area contributed by atoms with E-state index in [0.29, 0.717) is 6.54 Å². The van der Waals surface area contributed by atoms with Crippen LogP contribution in [-0.4, -0.2) is 34.7 Å². The molecule has 1 aliphatic heterocycles. The van der Waals surface area contributed by atoms with Crippen molar-refractivity contribution >= 4 is 12.1 Å². The van der Waals surface area contributed by atoms with Crippen LogP contribution in [0, 0.1) is 5.41 Å². The Kier molecular flexibility index (Phi) is 3.57. The van der Waals surface area contributed by atoms with E-state index in [1.807, 2.05) is 30.3 Å². The highest BCUT2D eigenvalue weighted by atomic mass is 16.6. The Morgan fingerprint density at radius 1 is 1.24 bits per heavy atom. The van der Waals surface area contributed by atoms with Crippen molar-refractivity contribution < 1.29 is 19.4 Å². The maximum atomic E-state index is 12.1. The van der Waals surface area contributed by atoms with Gasteiger partial charge in [-0.1, -0.05) is 43.2 Å². The number of hydrogen-bond donors (Lipinski definition) is 1. The highest BCUT2D eigenvalue weighted by Crippen LogP contribution is 2.50. The Bertz CT molecular complexity index is 536. The quantitative estimate of drug-likeness (QED) is 0.929. The second kappa shape index (κ2) is 5.39. The van der Waals surface area contributed by atoms with Crippen molar-refractivity contribution in [2.45, 2.75) is 38.3 Å². The van der Waals surface area contributed by atoms with E-state index in [1.165, 1.54) is 4.90 Å². The van der Waals surface area contributed by atoms with Gasteiger partial charge in [0.05, 0.1) is 0 Å². The van der Waals surface area contributed by atoms with Crippen LogP contribution in [0.5, 0.6) is 0 Å². The summed E-state index contributed by atoms with van der Waals surface area (Å²) in [5.74, 6) is -0.917. The summed E-state index contributed by atoms with van der Waals surface area (Å²) in [7, 11) is 0. The fourth-order valence-electron chi connectivity index (χ4n) is 3.61. The molecule has 2 fully saturated rings. The third-order valence-corrected chi connectivity index (χ3v) is 4.65. The number of amides is 1. The Labute approximate surface area is 123 Å². The number of hydrogen-bond acceptors (Lipinski definition) is 3. The third kappa shape index (κ3) is 2.48. The summed E-state index contributed by atoms with van der Waals surface area (Å²) in [6, 6.07) is 8.67. The minimum absolute atomic E-state index is 0.176. The molecular weight excluding hydrogens is 270 g/mol. The first-order chi connectivity index (χ1) is 10.1. The molecule has 5 heteroatoms. The molecule has 1 saturated carbocycles. The number of carboxylic acids is 1. The second-order valence-corrected chi connectivity index (χ2v) is 5.98. The van der Waals surface area contributed by atoms with E-state index in [9.17, 15) is 14.7 Å². The first-order valence-electron chi connectivity index (χ1n) is 7.32. The highest BCUT2D eigenvalue weighted by molar-refractivity contribution is 5.83. The lowest BCUT2D eigenvalue weighted by atomic mass is 9.70. The monoisotopic (exact) mass is 289 g/mol. The average Bonchev–Trinajstić information content (AvgIpc) is 2.94. The smallest absolute Gasteiger partial charge is 0.410 e. The van der Waals surface area contributed by atoms with E-state index < -0.39 is 18.1 Å². The molecule has 1 N–H and O–H groups in total. The number of benzene rings is 1. The molecule has 3 rings (SSSR count). The van der Waals surface area contributed by atoms with E-state index in [4.69, 9.17) is 4.74 Å². The summed E-state index contributed by atoms with van der Waals surface area (Å²) in [6.07, 6.45) is 3.37. The molecule has 1 saturated heterocycles. The van der Waals surface area contributed by atoms with Crippen LogP contribution in [0.3, 0.4) is 0 Å². The van der Waals surface area contributed by atoms with Gasteiger partial charge >= 0.3 is 12.1 Å². The molecule has 1 amide bonds. The molecule has 112 valence electrons. The number of rotatable bonds is 3. The molecule has 0 bridgehead atoms. The number of carbonyl (C=O) groups is 2. The van der Waals surface area contributed by atoms with Crippen LogP contribution in [-0.2, 0) is 16.1 Å². The van der Waals surface area contributed by atoms with Crippen LogP contribution in [0.25, 0.3) is 0 Å². The van der Waals surface area contributed by atoms with E-state index >= 15 is 0 Å². The lowest BCUT2D eigenvalue weighted by molar-refractivity contribution is -0.161. The van der Waals surface area contributed by atoms with Gasteiger partial charge in [-0.25, -0.2) is 9.59 Å². The molecule has 1 aromatic carbocycles. The van der Waals surface area contributed by atoms with E-state index in [0.717, 1.165) is 31.2 Å². The van der Waals surface area contributed by atoms with Crippen molar-refractivity contribution in [2.75, 3.05) is 6.54 Å². The first-order valence-corrected chi connectivity index (χ1v) is 7.32. The molecule has 1 aliphatic carbocycles. The van der Waals surface area contributed by atoms with Gasteiger partial charge in [0, 0.05) is 12.0 Å². The molecular formula is C16H19NO4. The van der Waals surface area contributed by atoms with Gasteiger partial charge in [-0.2, -0.15) is 0 Å². The van der Waals surface area contributed by atoms with Gasteiger partial charge in [0.15, 0.2) is 0 Å². The van der Waals surface area contributed by atoms with Crippen molar-refractivity contribution in [1.82, 2.24) is 4.90 Å². The summed E-state index contributed by atoms with van der Waals surface area (Å²) in [6.45, 7) is 0.688. The number of aliphatic carboxylic acids is 1. The van der Waals surface area contributed by atoms with Crippen molar-refractivity contribution in [1.29, 1.82) is 0 Å². The Morgan fingerprint density at radius 2 is 1.90 bits per heavy atom. The van der Waals surface area contributed by atoms with Crippen molar-refractivity contribution in [3.05, 3.63) is 35.9 Å². The van der Waals surface area contributed by atoms with Crippen molar-refractivity contribution in [3.8, 4) is 0 Å². The standard InChI is InChI=1S/C16H19NO4/c18-14(19)13-16(8-4-5-9-16)11-17(13)15(20)21-10-12-6-2-1-3-7-12/h1-3,6-7,13H,4-5,8-11H2,(H,18,19). The van der Waals surface area contributed by atoms with Crippen LogP contribution in [0.1, 0.15) is 31.2 Å². The summed E-state index contributed by atoms with van der Waals surface area (Å²) < 4.78 is 5.24. The first kappa shape index (κ1) is 13.9. The van der Waals surface area contributed by atoms with Crippen LogP contribution in [0.2, 0.25) is 0 Å². The summed E-state index contributed by atoms with van der Waals surface area (Å²) >= 11 is 0. The fraction of sp³-hybridized carbons (Fsp3) is 0.500. The number of nitrogens with zero attached hydrogens (tertiary/aromatic N) is 1. The molecule has 2 aliphatic rings. The lowest BCUT2D eigenvalue weighted by Gasteiger charge is -2.52. The minimum atomic E-state index is -0.917. The van der Waals surface area contributed by atoms with Gasteiger partial charge in [0.1, 0.15) is 12.6 Å². The zero-order valence-corrected chi connectivity index (χ0v) is 11.8. The molecule has 1 unspecified atom stereocenters. The van der Waals surface area contributed by atoms with Gasteiger partial charge in [-0.3, -0.25) is 4.90 Å². The molecule has 1 spiro atoms. The van der Waals surface area contributed by atoms with Crippen LogP contribution < -0.4 is 0 Å². The van der Waals surface area contributed by atoms with Gasteiger partial charge in [-0.05, 0) is 18.4 Å². The summed E-state index contributed by atoms with van der Waals surface area (Å²) in [4.78, 5) is 24.9. The fourth-order valence-corrected chi connectivity index (χ4v) is 3.61. The average molecular weight is 289 g/mol. The summed E-state index contributed by atoms with van der Waals surface area (Å²) in [5, 5.41) is 9.41. The van der Waals surface area contributed by atoms with E-state index in [-0.39, 0.29) is 12.0 Å². The maximum Gasteiger partial charge on any atom is 0.410 e. The number of ether oxygens (including phenoxy) is 1. The third-order valence-electron chi connectivity index (χ3n) is 4.65. The number of carboxylic acid groups (broad SMARTS) is 1. The number of carbonyl (C=O) groups excluding carboxylic acids is 1. The minimum Gasteiger partial charge on any atom is -0.480 e. The van der Waals surface area contributed by atoms with Crippen LogP contribution in [0.15, 0.2) is 30.3 Å². The van der Waals surface area contributed by atoms with Crippen molar-refractivity contribution in [2.24, 2.45) is 5.41 Å². The van der Waals surface area contributed by atoms with Crippen LogP contribution >= 0.6 is 0 Å². The van der Waals surface area contributed by atoms with Gasteiger partial charge in [-0.15, -0.1) is 0 Å². The van der Waals surface area contributed by atoms with Gasteiger partial charge in [0.2, 0.25) is 0 Å². The van der Waals surface area contributed by atoms with Gasteiger partial charge in [0.25, 0.3) is 0 Å². The second-order valence-electron chi connectivity index (χ2n) is 5.98. The Balaban J connectivity index is 1.61. The zero-order valence-electron chi connectivity index (χ0n) is 11.8. The molecule has 1 aromatic rings. The normalized spacial score (nSPS) is 22.9. The maximum absolute atomic E-state index is 12.1. The predicted octanol–water partition coefficient (Wildman–Crippen LogP) is 2.65. The molecule has 1 atom stereocenters. The Morgan fingerprint density at radius 3 is 2.52 bits per heavy atom. The molecule has 0 aromatic heterocycles. The highest BCUT2D eigenvalue weighted by Gasteiger charge is 2.59. The molecule has 21 heavy (non-hydrogen) atoms. The predicted molar refractivity (Wildman–Crippen MR) is 75.7 cm³/mol. The van der Waals surface area contributed by atoms with Crippen molar-refractivity contribution in [3.63, 3.8) is 0 Å². The molecule has 0 radical (unpaired) electrons.